The van der Waals surface area contributed by atoms with E-state index in [2.05, 4.69) is 62.3 Å². The van der Waals surface area contributed by atoms with E-state index in [0.29, 0.717) is 0 Å². The van der Waals surface area contributed by atoms with Gasteiger partial charge in [0.05, 0.1) is 5.54 Å². The van der Waals surface area contributed by atoms with Gasteiger partial charge in [-0.15, -0.1) is 0 Å². The number of alkyl halides is 1. The van der Waals surface area contributed by atoms with Crippen LogP contribution in [0.25, 0.3) is 0 Å². The second kappa shape index (κ2) is 12.7. The molecule has 0 fully saturated rings. The number of azo groups is 1. The largest absolute Gasteiger partial charge is 0.305 e. The monoisotopic (exact) mass is 374 g/mol. The van der Waals surface area contributed by atoms with Gasteiger partial charge < -0.3 is 5.43 Å². The first-order valence-electron chi connectivity index (χ1n) is 9.65. The second-order valence-electron chi connectivity index (χ2n) is 8.93. The van der Waals surface area contributed by atoms with Crippen molar-refractivity contribution in [1.82, 2.24) is 5.43 Å². The lowest BCUT2D eigenvalue weighted by atomic mass is 10.1. The molecule has 0 spiro atoms. The van der Waals surface area contributed by atoms with Crippen LogP contribution in [0.4, 0.5) is 0 Å². The molecule has 0 saturated carbocycles. The Morgan fingerprint density at radius 2 is 1.40 bits per heavy atom. The molecular formula is C20H43ClN4. The molecule has 1 N–H and O–H groups in total. The van der Waals surface area contributed by atoms with E-state index in [1.165, 1.54) is 18.6 Å². The van der Waals surface area contributed by atoms with Crippen LogP contribution in [0, 0.1) is 0 Å². The smallest absolute Gasteiger partial charge is 0.151 e. The van der Waals surface area contributed by atoms with Gasteiger partial charge in [-0.05, 0) is 81.1 Å². The zero-order valence-electron chi connectivity index (χ0n) is 18.5. The lowest BCUT2D eigenvalue weighted by Gasteiger charge is -2.18. The summed E-state index contributed by atoms with van der Waals surface area (Å²) in [4.78, 5) is -0.511. The average Bonchev–Trinajstić information content (AvgIpc) is 2.46. The zero-order chi connectivity index (χ0) is 20.1. The van der Waals surface area contributed by atoms with Gasteiger partial charge in [0.2, 0.25) is 0 Å². The number of nitrogens with zero attached hydrogens (tertiary/aromatic N) is 3. The van der Waals surface area contributed by atoms with Gasteiger partial charge in [0, 0.05) is 11.3 Å². The van der Waals surface area contributed by atoms with E-state index in [1.807, 2.05) is 27.7 Å². The molecule has 0 aliphatic heterocycles. The van der Waals surface area contributed by atoms with Gasteiger partial charge in [-0.3, -0.25) is 0 Å². The summed E-state index contributed by atoms with van der Waals surface area (Å²) in [6, 6.07) is 0. The molecule has 0 amide bonds. The Kier molecular flexibility index (Phi) is 13.5. The number of hydrazone groups is 1. The summed E-state index contributed by atoms with van der Waals surface area (Å²) in [6.45, 7) is 20.7. The molecule has 0 aromatic rings. The molecule has 0 aliphatic carbocycles. The van der Waals surface area contributed by atoms with E-state index in [-0.39, 0.29) is 11.1 Å². The second-order valence-corrected chi connectivity index (χ2v) is 9.74. The fourth-order valence-electron chi connectivity index (χ4n) is 1.56. The van der Waals surface area contributed by atoms with Crippen molar-refractivity contribution in [2.75, 3.05) is 0 Å². The minimum atomic E-state index is -0.511. The molecule has 1 unspecified atom stereocenters. The molecule has 0 aromatic carbocycles. The van der Waals surface area contributed by atoms with Crippen LogP contribution in [0.15, 0.2) is 15.3 Å². The Morgan fingerprint density at radius 3 is 1.80 bits per heavy atom. The molecule has 0 bridgehead atoms. The van der Waals surface area contributed by atoms with Crippen LogP contribution >= 0.6 is 11.6 Å². The summed E-state index contributed by atoms with van der Waals surface area (Å²) in [6.07, 6.45) is 6.73. The molecule has 0 radical (unpaired) electrons. The molecule has 5 heteroatoms. The number of unbranched alkanes of at least 4 members (excludes halogenated alkanes) is 2. The fraction of sp³-hybridized carbons (Fsp3) is 0.950. The zero-order valence-corrected chi connectivity index (χ0v) is 19.2. The normalized spacial score (nSPS) is 15.6. The molecule has 1 atom stereocenters. The van der Waals surface area contributed by atoms with E-state index in [9.17, 15) is 0 Å². The van der Waals surface area contributed by atoms with Crippen molar-refractivity contribution >= 4 is 17.3 Å². The van der Waals surface area contributed by atoms with E-state index in [4.69, 9.17) is 11.6 Å². The Morgan fingerprint density at radius 1 is 0.880 bits per heavy atom. The highest BCUT2D eigenvalue weighted by atomic mass is 35.5. The molecule has 0 aromatic heterocycles. The molecule has 4 nitrogen and oxygen atoms in total. The molecule has 0 saturated heterocycles. The first-order chi connectivity index (χ1) is 11.2. The van der Waals surface area contributed by atoms with Gasteiger partial charge in [-0.25, -0.2) is 0 Å². The third-order valence-corrected chi connectivity index (χ3v) is 3.28. The maximum atomic E-state index is 6.16. The van der Waals surface area contributed by atoms with Crippen LogP contribution in [-0.2, 0) is 0 Å². The standard InChI is InChI=1S/C10H21ClN2.C10H22N2/c1-6-7-8-10(5,11)13-12-9(2,3)4;1-6-7-8-9(2)11-12-10(3,4)5/h6-8H2,1-5H3;12H,6-8H2,1-5H3. The van der Waals surface area contributed by atoms with Crippen LogP contribution in [0.2, 0.25) is 0 Å². The topological polar surface area (TPSA) is 49.1 Å². The molecule has 150 valence electrons. The average molecular weight is 375 g/mol. The van der Waals surface area contributed by atoms with Crippen molar-refractivity contribution in [3.8, 4) is 0 Å². The van der Waals surface area contributed by atoms with Crippen molar-refractivity contribution in [3.05, 3.63) is 0 Å². The summed E-state index contributed by atoms with van der Waals surface area (Å²) >= 11 is 6.16. The summed E-state index contributed by atoms with van der Waals surface area (Å²) in [5.74, 6) is 0. The van der Waals surface area contributed by atoms with Gasteiger partial charge in [-0.1, -0.05) is 38.3 Å². The van der Waals surface area contributed by atoms with Gasteiger partial charge >= 0.3 is 0 Å². The van der Waals surface area contributed by atoms with Gasteiger partial charge in [0.15, 0.2) is 5.00 Å². The third-order valence-electron chi connectivity index (χ3n) is 3.02. The summed E-state index contributed by atoms with van der Waals surface area (Å²) in [7, 11) is 0. The number of hydrogen-bond acceptors (Lipinski definition) is 4. The van der Waals surface area contributed by atoms with E-state index >= 15 is 0 Å². The third kappa shape index (κ3) is 23.4. The van der Waals surface area contributed by atoms with Crippen LogP contribution in [0.3, 0.4) is 0 Å². The van der Waals surface area contributed by atoms with E-state index < -0.39 is 5.00 Å². The highest BCUT2D eigenvalue weighted by Crippen LogP contribution is 2.25. The number of rotatable bonds is 8. The Hall–Kier alpha value is -0.640. The molecule has 25 heavy (non-hydrogen) atoms. The fourth-order valence-corrected chi connectivity index (χ4v) is 1.73. The van der Waals surface area contributed by atoms with Crippen LogP contribution in [0.1, 0.15) is 108 Å². The van der Waals surface area contributed by atoms with E-state index in [1.54, 1.807) is 0 Å². The van der Waals surface area contributed by atoms with Crippen molar-refractivity contribution < 1.29 is 0 Å². The predicted octanol–water partition coefficient (Wildman–Crippen LogP) is 7.32. The first kappa shape index (κ1) is 26.6. The Labute approximate surface area is 162 Å². The van der Waals surface area contributed by atoms with Crippen molar-refractivity contribution in [2.45, 2.75) is 124 Å². The van der Waals surface area contributed by atoms with Crippen LogP contribution in [0.5, 0.6) is 0 Å². The quantitative estimate of drug-likeness (QED) is 0.156. The molecule has 0 aliphatic rings. The highest BCUT2D eigenvalue weighted by Gasteiger charge is 2.20. The minimum absolute atomic E-state index is 0.0907. The van der Waals surface area contributed by atoms with Crippen LogP contribution in [-0.4, -0.2) is 21.8 Å². The van der Waals surface area contributed by atoms with Gasteiger partial charge in [0.1, 0.15) is 0 Å². The lowest BCUT2D eigenvalue weighted by molar-refractivity contribution is 0.440. The minimum Gasteiger partial charge on any atom is -0.305 e. The first-order valence-corrected chi connectivity index (χ1v) is 10.0. The van der Waals surface area contributed by atoms with Gasteiger partial charge in [-0.2, -0.15) is 15.3 Å². The molecule has 0 rings (SSSR count). The maximum Gasteiger partial charge on any atom is 0.151 e. The summed E-state index contributed by atoms with van der Waals surface area (Å²) in [5.41, 5.74) is 4.29. The molecule has 0 heterocycles. The van der Waals surface area contributed by atoms with Crippen molar-refractivity contribution in [1.29, 1.82) is 0 Å². The maximum absolute atomic E-state index is 6.16. The summed E-state index contributed by atoms with van der Waals surface area (Å²) in [5, 5.41) is 12.6. The number of hydrogen-bond donors (Lipinski definition) is 1. The highest BCUT2D eigenvalue weighted by molar-refractivity contribution is 6.23. The Bertz CT molecular complexity index is 387. The van der Waals surface area contributed by atoms with Crippen LogP contribution < -0.4 is 5.43 Å². The lowest BCUT2D eigenvalue weighted by Crippen LogP contribution is -2.32. The SMILES string of the molecule is CCCCC(C)(Cl)N=NC(C)(C)C.CCCCC(C)=NNC(C)(C)C. The van der Waals surface area contributed by atoms with Gasteiger partial charge in [0.25, 0.3) is 0 Å². The number of halogens is 1. The number of nitrogens with one attached hydrogen (secondary N) is 1. The van der Waals surface area contributed by atoms with Crippen molar-refractivity contribution in [3.63, 3.8) is 0 Å². The molecular weight excluding hydrogens is 332 g/mol. The summed E-state index contributed by atoms with van der Waals surface area (Å²) < 4.78 is 0. The predicted molar refractivity (Wildman–Crippen MR) is 114 cm³/mol. The Balaban J connectivity index is 0. The van der Waals surface area contributed by atoms with Crippen molar-refractivity contribution in [2.24, 2.45) is 15.3 Å². The van der Waals surface area contributed by atoms with E-state index in [0.717, 1.165) is 25.7 Å².